The Morgan fingerprint density at radius 2 is 2.12 bits per heavy atom. The van der Waals surface area contributed by atoms with Gasteiger partial charge in [0.15, 0.2) is 0 Å². The molecule has 0 saturated carbocycles. The van der Waals surface area contributed by atoms with Gasteiger partial charge in [-0.1, -0.05) is 42.7 Å². The molecule has 1 aliphatic carbocycles. The van der Waals surface area contributed by atoms with E-state index >= 15 is 0 Å². The third-order valence-electron chi connectivity index (χ3n) is 3.69. The predicted molar refractivity (Wildman–Crippen MR) is 76.6 cm³/mol. The quantitative estimate of drug-likeness (QED) is 0.442. The van der Waals surface area contributed by atoms with Crippen molar-refractivity contribution >= 4 is 0 Å². The van der Waals surface area contributed by atoms with Gasteiger partial charge < -0.3 is 0 Å². The molecule has 0 aromatic heterocycles. The summed E-state index contributed by atoms with van der Waals surface area (Å²) in [4.78, 5) is 0. The predicted octanol–water partition coefficient (Wildman–Crippen LogP) is 4.89. The van der Waals surface area contributed by atoms with Gasteiger partial charge in [0, 0.05) is 5.92 Å². The van der Waals surface area contributed by atoms with E-state index in [-0.39, 0.29) is 5.92 Å². The number of rotatable bonds is 1. The molecule has 0 bridgehead atoms. The molecule has 2 atom stereocenters. The molecule has 17 heavy (non-hydrogen) atoms. The molecular weight excluding hydrogens is 204 g/mol. The fraction of sp³-hybridized carbons (Fsp3) is 0.529. The first-order valence-corrected chi connectivity index (χ1v) is 6.53. The molecule has 0 aromatic carbocycles. The molecule has 1 aliphatic rings. The van der Waals surface area contributed by atoms with Crippen LogP contribution < -0.4 is 0 Å². The van der Waals surface area contributed by atoms with Crippen molar-refractivity contribution in [1.82, 2.24) is 0 Å². The number of hydrogen-bond acceptors (Lipinski definition) is 0. The van der Waals surface area contributed by atoms with Gasteiger partial charge in [-0.15, -0.1) is 6.42 Å². The minimum Gasteiger partial charge on any atom is -0.119 e. The van der Waals surface area contributed by atoms with E-state index in [1.165, 1.54) is 24.0 Å². The zero-order valence-electron chi connectivity index (χ0n) is 11.4. The Bertz CT molecular complexity index is 373. The maximum Gasteiger partial charge on any atom is 0.0412 e. The van der Waals surface area contributed by atoms with Crippen molar-refractivity contribution in [2.45, 2.75) is 46.5 Å². The van der Waals surface area contributed by atoms with Crippen LogP contribution in [0.2, 0.25) is 0 Å². The van der Waals surface area contributed by atoms with Crippen LogP contribution in [0.4, 0.5) is 0 Å². The zero-order chi connectivity index (χ0) is 12.8. The van der Waals surface area contributed by atoms with Crippen LogP contribution in [0, 0.1) is 24.2 Å². The Labute approximate surface area is 107 Å². The summed E-state index contributed by atoms with van der Waals surface area (Å²) in [5.41, 5.74) is 3.85. The van der Waals surface area contributed by atoms with Crippen LogP contribution in [0.1, 0.15) is 46.5 Å². The molecule has 0 spiro atoms. The maximum absolute atomic E-state index is 5.68. The molecular formula is C17H24. The molecule has 0 fully saturated rings. The van der Waals surface area contributed by atoms with Crippen molar-refractivity contribution in [2.75, 3.05) is 0 Å². The highest BCUT2D eigenvalue weighted by atomic mass is 14.2. The lowest BCUT2D eigenvalue weighted by atomic mass is 9.85. The SMILES string of the molecule is C#CC1CCC(C)C/C=C\C/C(C(=C)C)=C\1C. The van der Waals surface area contributed by atoms with E-state index in [4.69, 9.17) is 6.42 Å². The topological polar surface area (TPSA) is 0 Å². The van der Waals surface area contributed by atoms with Crippen molar-refractivity contribution in [2.24, 2.45) is 11.8 Å². The van der Waals surface area contributed by atoms with Crippen molar-refractivity contribution in [3.8, 4) is 12.3 Å². The molecule has 0 N–H and O–H groups in total. The van der Waals surface area contributed by atoms with E-state index in [9.17, 15) is 0 Å². The van der Waals surface area contributed by atoms with E-state index in [2.05, 4.69) is 45.4 Å². The van der Waals surface area contributed by atoms with E-state index in [0.29, 0.717) is 0 Å². The summed E-state index contributed by atoms with van der Waals surface area (Å²) < 4.78 is 0. The van der Waals surface area contributed by atoms with Crippen molar-refractivity contribution in [1.29, 1.82) is 0 Å². The van der Waals surface area contributed by atoms with E-state index in [0.717, 1.165) is 24.3 Å². The first kappa shape index (κ1) is 13.8. The number of allylic oxidation sites excluding steroid dienone is 5. The summed E-state index contributed by atoms with van der Waals surface area (Å²) >= 11 is 0. The van der Waals surface area contributed by atoms with Gasteiger partial charge in [-0.2, -0.15) is 0 Å². The molecule has 0 saturated heterocycles. The lowest BCUT2D eigenvalue weighted by Gasteiger charge is -2.20. The highest BCUT2D eigenvalue weighted by Crippen LogP contribution is 2.29. The fourth-order valence-corrected chi connectivity index (χ4v) is 2.41. The third-order valence-corrected chi connectivity index (χ3v) is 3.69. The van der Waals surface area contributed by atoms with Crippen LogP contribution in [0.5, 0.6) is 0 Å². The lowest BCUT2D eigenvalue weighted by molar-refractivity contribution is 0.485. The Hall–Kier alpha value is -1.22. The van der Waals surface area contributed by atoms with Gasteiger partial charge in [0.25, 0.3) is 0 Å². The molecule has 1 rings (SSSR count). The van der Waals surface area contributed by atoms with E-state index < -0.39 is 0 Å². The third kappa shape index (κ3) is 3.93. The second-order valence-corrected chi connectivity index (χ2v) is 5.25. The van der Waals surface area contributed by atoms with Crippen molar-refractivity contribution in [3.63, 3.8) is 0 Å². The minimum absolute atomic E-state index is 0.288. The maximum atomic E-state index is 5.68. The molecule has 0 aromatic rings. The Morgan fingerprint density at radius 1 is 1.41 bits per heavy atom. The fourth-order valence-electron chi connectivity index (χ4n) is 2.41. The lowest BCUT2D eigenvalue weighted by Crippen LogP contribution is -2.07. The monoisotopic (exact) mass is 228 g/mol. The molecule has 0 nitrogen and oxygen atoms in total. The highest BCUT2D eigenvalue weighted by molar-refractivity contribution is 5.36. The van der Waals surface area contributed by atoms with Crippen LogP contribution in [0.3, 0.4) is 0 Å². The Morgan fingerprint density at radius 3 is 2.71 bits per heavy atom. The van der Waals surface area contributed by atoms with Crippen LogP contribution in [-0.2, 0) is 0 Å². The van der Waals surface area contributed by atoms with Crippen molar-refractivity contribution in [3.05, 3.63) is 35.5 Å². The zero-order valence-corrected chi connectivity index (χ0v) is 11.4. The van der Waals surface area contributed by atoms with E-state index in [1.54, 1.807) is 0 Å². The van der Waals surface area contributed by atoms with Crippen LogP contribution in [0.15, 0.2) is 35.5 Å². The highest BCUT2D eigenvalue weighted by Gasteiger charge is 2.15. The average molecular weight is 228 g/mol. The summed E-state index contributed by atoms with van der Waals surface area (Å²) in [6.07, 6.45) is 14.7. The van der Waals surface area contributed by atoms with Gasteiger partial charge in [-0.3, -0.25) is 0 Å². The summed E-state index contributed by atoms with van der Waals surface area (Å²) in [6.45, 7) is 10.6. The van der Waals surface area contributed by atoms with Gasteiger partial charge in [-0.25, -0.2) is 0 Å². The van der Waals surface area contributed by atoms with Gasteiger partial charge in [0.1, 0.15) is 0 Å². The van der Waals surface area contributed by atoms with Crippen LogP contribution in [-0.4, -0.2) is 0 Å². The summed E-state index contributed by atoms with van der Waals surface area (Å²) in [7, 11) is 0. The second-order valence-electron chi connectivity index (χ2n) is 5.25. The normalized spacial score (nSPS) is 32.6. The minimum atomic E-state index is 0.288. The smallest absolute Gasteiger partial charge is 0.0412 e. The van der Waals surface area contributed by atoms with Gasteiger partial charge in [0.2, 0.25) is 0 Å². The molecule has 0 radical (unpaired) electrons. The van der Waals surface area contributed by atoms with E-state index in [1.807, 2.05) is 0 Å². The standard InChI is InChI=1S/C17H24/c1-6-16-12-11-14(4)9-7-8-10-17(13(2)3)15(16)5/h1,7-8,14,16H,2,9-12H2,3-5H3/b8-7-,17-15+. The Kier molecular flexibility index (Phi) is 5.29. The Balaban J connectivity index is 3.03. The van der Waals surface area contributed by atoms with Gasteiger partial charge in [-0.05, 0) is 51.0 Å². The molecule has 0 amide bonds. The molecule has 0 aliphatic heterocycles. The first-order chi connectivity index (χ1) is 8.06. The second kappa shape index (κ2) is 6.50. The van der Waals surface area contributed by atoms with Crippen LogP contribution in [0.25, 0.3) is 0 Å². The summed E-state index contributed by atoms with van der Waals surface area (Å²) in [6, 6.07) is 0. The van der Waals surface area contributed by atoms with Crippen molar-refractivity contribution < 1.29 is 0 Å². The summed E-state index contributed by atoms with van der Waals surface area (Å²) in [5, 5.41) is 0. The molecule has 0 heteroatoms. The molecule has 92 valence electrons. The molecule has 2 unspecified atom stereocenters. The largest absolute Gasteiger partial charge is 0.119 e. The van der Waals surface area contributed by atoms with Gasteiger partial charge >= 0.3 is 0 Å². The summed E-state index contributed by atoms with van der Waals surface area (Å²) in [5.74, 6) is 3.98. The first-order valence-electron chi connectivity index (χ1n) is 6.53. The average Bonchev–Trinajstić information content (AvgIpc) is 2.28. The number of hydrogen-bond donors (Lipinski definition) is 0. The molecule has 0 heterocycles. The van der Waals surface area contributed by atoms with Gasteiger partial charge in [0.05, 0.1) is 0 Å². The number of terminal acetylenes is 1. The van der Waals surface area contributed by atoms with Crippen LogP contribution >= 0.6 is 0 Å².